The summed E-state index contributed by atoms with van der Waals surface area (Å²) in [5.74, 6) is 0.614. The van der Waals surface area contributed by atoms with Gasteiger partial charge in [0.25, 0.3) is 0 Å². The number of thiazole rings is 1. The molecule has 1 aliphatic rings. The first-order chi connectivity index (χ1) is 10.7. The Bertz CT molecular complexity index is 615. The Labute approximate surface area is 141 Å². The van der Waals surface area contributed by atoms with E-state index in [9.17, 15) is 4.79 Å². The van der Waals surface area contributed by atoms with Gasteiger partial charge < -0.3 is 9.80 Å². The van der Waals surface area contributed by atoms with Crippen LogP contribution in [-0.4, -0.2) is 57.9 Å². The third-order valence-corrected chi connectivity index (χ3v) is 6.25. The summed E-state index contributed by atoms with van der Waals surface area (Å²) in [5.41, 5.74) is 2.75. The lowest BCUT2D eigenvalue weighted by molar-refractivity contribution is -0.128. The molecule has 0 spiro atoms. The van der Waals surface area contributed by atoms with Crippen molar-refractivity contribution in [2.45, 2.75) is 17.7 Å². The maximum Gasteiger partial charge on any atom is 0.233 e. The van der Waals surface area contributed by atoms with Crippen LogP contribution in [0.4, 0.5) is 5.13 Å². The van der Waals surface area contributed by atoms with Gasteiger partial charge in [0.05, 0.1) is 11.4 Å². The molecule has 118 valence electrons. The van der Waals surface area contributed by atoms with Crippen molar-refractivity contribution in [2.24, 2.45) is 0 Å². The largest absolute Gasteiger partial charge is 0.346 e. The van der Waals surface area contributed by atoms with Gasteiger partial charge in [-0.1, -0.05) is 23.1 Å². The van der Waals surface area contributed by atoms with Gasteiger partial charge in [0, 0.05) is 31.6 Å². The summed E-state index contributed by atoms with van der Waals surface area (Å²) in [7, 11) is 0. The van der Waals surface area contributed by atoms with Gasteiger partial charge in [-0.2, -0.15) is 0 Å². The Kier molecular flexibility index (Phi) is 5.27. The van der Waals surface area contributed by atoms with Gasteiger partial charge >= 0.3 is 0 Å². The van der Waals surface area contributed by atoms with Crippen LogP contribution in [0, 0.1) is 6.92 Å². The van der Waals surface area contributed by atoms with Crippen LogP contribution in [0.25, 0.3) is 0 Å². The average Bonchev–Trinajstić information content (AvgIpc) is 3.11. The predicted molar refractivity (Wildman–Crippen MR) is 90.9 cm³/mol. The number of anilines is 1. The number of aromatic nitrogens is 3. The fourth-order valence-corrected chi connectivity index (χ4v) is 4.53. The van der Waals surface area contributed by atoms with E-state index in [0.717, 1.165) is 47.8 Å². The fraction of sp³-hybridized carbons (Fsp3) is 0.538. The quantitative estimate of drug-likeness (QED) is 0.783. The molecule has 0 aromatic carbocycles. The molecule has 2 aromatic rings. The molecule has 22 heavy (non-hydrogen) atoms. The summed E-state index contributed by atoms with van der Waals surface area (Å²) >= 11 is 4.61. The molecule has 0 bridgehead atoms. The van der Waals surface area contributed by atoms with Gasteiger partial charge in [-0.15, -0.1) is 21.5 Å². The van der Waals surface area contributed by atoms with Crippen LogP contribution >= 0.6 is 34.4 Å². The molecule has 0 aliphatic carbocycles. The molecule has 1 fully saturated rings. The van der Waals surface area contributed by atoms with Crippen molar-refractivity contribution in [3.8, 4) is 0 Å². The van der Waals surface area contributed by atoms with Crippen molar-refractivity contribution in [3.63, 3.8) is 0 Å². The number of rotatable bonds is 4. The van der Waals surface area contributed by atoms with Crippen LogP contribution in [0.2, 0.25) is 0 Å². The molecular weight excluding hydrogens is 338 g/mol. The van der Waals surface area contributed by atoms with E-state index in [0.29, 0.717) is 5.75 Å². The molecule has 2 aromatic heterocycles. The smallest absolute Gasteiger partial charge is 0.233 e. The first kappa shape index (κ1) is 15.7. The minimum Gasteiger partial charge on any atom is -0.346 e. The number of nitrogens with zero attached hydrogens (tertiary/aromatic N) is 5. The van der Waals surface area contributed by atoms with Crippen molar-refractivity contribution >= 4 is 45.5 Å². The second-order valence-corrected chi connectivity index (χ2v) is 7.88. The summed E-state index contributed by atoms with van der Waals surface area (Å²) in [6.07, 6.45) is 0.980. The highest BCUT2D eigenvalue weighted by molar-refractivity contribution is 8.01. The normalized spacial score (nSPS) is 15.9. The molecule has 3 heterocycles. The standard InChI is InChI=1S/C13H17N5OS3/c1-10-7-20-12(15-10)18-4-2-3-17(5-6-18)11(19)8-21-13-16-14-9-22-13/h7,9H,2-6,8H2,1H3. The molecule has 1 saturated heterocycles. The average molecular weight is 356 g/mol. The van der Waals surface area contributed by atoms with Crippen LogP contribution in [0.15, 0.2) is 15.2 Å². The molecule has 0 radical (unpaired) electrons. The van der Waals surface area contributed by atoms with Gasteiger partial charge in [-0.05, 0) is 13.3 Å². The Morgan fingerprint density at radius 2 is 2.23 bits per heavy atom. The molecule has 1 amide bonds. The fourth-order valence-electron chi connectivity index (χ4n) is 2.29. The maximum absolute atomic E-state index is 12.3. The Balaban J connectivity index is 1.52. The summed E-state index contributed by atoms with van der Waals surface area (Å²) in [6, 6.07) is 0. The molecule has 0 atom stereocenters. The lowest BCUT2D eigenvalue weighted by Crippen LogP contribution is -2.36. The number of thioether (sulfide) groups is 1. The number of aryl methyl sites for hydroxylation is 1. The second-order valence-electron chi connectivity index (χ2n) is 4.99. The van der Waals surface area contributed by atoms with E-state index in [-0.39, 0.29) is 5.91 Å². The number of carbonyl (C=O) groups is 1. The zero-order valence-electron chi connectivity index (χ0n) is 12.3. The third kappa shape index (κ3) is 3.96. The van der Waals surface area contributed by atoms with Crippen LogP contribution in [0.5, 0.6) is 0 Å². The van der Waals surface area contributed by atoms with E-state index in [1.807, 2.05) is 11.8 Å². The van der Waals surface area contributed by atoms with Gasteiger partial charge in [0.15, 0.2) is 9.47 Å². The minimum absolute atomic E-state index is 0.178. The van der Waals surface area contributed by atoms with E-state index in [1.54, 1.807) is 16.8 Å². The van der Waals surface area contributed by atoms with Crippen LogP contribution < -0.4 is 4.90 Å². The maximum atomic E-state index is 12.3. The molecule has 6 nitrogen and oxygen atoms in total. The molecule has 9 heteroatoms. The first-order valence-electron chi connectivity index (χ1n) is 7.06. The predicted octanol–water partition coefficient (Wildman–Crippen LogP) is 2.13. The van der Waals surface area contributed by atoms with Gasteiger partial charge in [-0.3, -0.25) is 4.79 Å². The highest BCUT2D eigenvalue weighted by Crippen LogP contribution is 2.22. The number of hydrogen-bond donors (Lipinski definition) is 0. The third-order valence-electron chi connectivity index (χ3n) is 3.39. The molecular formula is C13H17N5OS3. The molecule has 0 N–H and O–H groups in total. The van der Waals surface area contributed by atoms with E-state index >= 15 is 0 Å². The number of hydrogen-bond acceptors (Lipinski definition) is 8. The van der Waals surface area contributed by atoms with Crippen molar-refractivity contribution in [3.05, 3.63) is 16.6 Å². The first-order valence-corrected chi connectivity index (χ1v) is 9.80. The van der Waals surface area contributed by atoms with Gasteiger partial charge in [0.1, 0.15) is 5.51 Å². The second kappa shape index (κ2) is 7.38. The highest BCUT2D eigenvalue weighted by atomic mass is 32.2. The number of amides is 1. The van der Waals surface area contributed by atoms with Gasteiger partial charge in [0.2, 0.25) is 5.91 Å². The van der Waals surface area contributed by atoms with E-state index in [1.165, 1.54) is 23.1 Å². The number of carbonyl (C=O) groups excluding carboxylic acids is 1. The molecule has 0 unspecified atom stereocenters. The lowest BCUT2D eigenvalue weighted by Gasteiger charge is -2.21. The Morgan fingerprint density at radius 1 is 1.32 bits per heavy atom. The van der Waals surface area contributed by atoms with Gasteiger partial charge in [-0.25, -0.2) is 4.98 Å². The van der Waals surface area contributed by atoms with E-state index in [4.69, 9.17) is 0 Å². The Morgan fingerprint density at radius 3 is 2.95 bits per heavy atom. The zero-order valence-corrected chi connectivity index (χ0v) is 14.7. The monoisotopic (exact) mass is 355 g/mol. The van der Waals surface area contributed by atoms with Crippen molar-refractivity contribution in [2.75, 3.05) is 36.8 Å². The highest BCUT2D eigenvalue weighted by Gasteiger charge is 2.20. The van der Waals surface area contributed by atoms with Crippen molar-refractivity contribution in [1.29, 1.82) is 0 Å². The topological polar surface area (TPSA) is 62.2 Å². The molecule has 1 aliphatic heterocycles. The van der Waals surface area contributed by atoms with Crippen molar-refractivity contribution in [1.82, 2.24) is 20.1 Å². The lowest BCUT2D eigenvalue weighted by atomic mass is 10.4. The Hall–Kier alpha value is -1.19. The molecule has 3 rings (SSSR count). The van der Waals surface area contributed by atoms with E-state index < -0.39 is 0 Å². The minimum atomic E-state index is 0.178. The summed E-state index contributed by atoms with van der Waals surface area (Å²) in [4.78, 5) is 21.1. The zero-order chi connectivity index (χ0) is 15.4. The summed E-state index contributed by atoms with van der Waals surface area (Å²) < 4.78 is 0.850. The van der Waals surface area contributed by atoms with Crippen molar-refractivity contribution < 1.29 is 4.79 Å². The van der Waals surface area contributed by atoms with E-state index in [2.05, 4.69) is 25.5 Å². The van der Waals surface area contributed by atoms with Crippen LogP contribution in [0.3, 0.4) is 0 Å². The SMILES string of the molecule is Cc1csc(N2CCCN(C(=O)CSc3nncs3)CC2)n1. The van der Waals surface area contributed by atoms with Crippen LogP contribution in [-0.2, 0) is 4.79 Å². The van der Waals surface area contributed by atoms with Crippen LogP contribution in [0.1, 0.15) is 12.1 Å². The molecule has 0 saturated carbocycles. The summed E-state index contributed by atoms with van der Waals surface area (Å²) in [5, 5.41) is 10.9. The summed E-state index contributed by atoms with van der Waals surface area (Å²) in [6.45, 7) is 5.39.